The van der Waals surface area contributed by atoms with Gasteiger partial charge < -0.3 is 14.9 Å². The smallest absolute Gasteiger partial charge is 0.339 e. The van der Waals surface area contributed by atoms with E-state index in [0.717, 1.165) is 37.7 Å². The SMILES string of the molecule is CCCCCc1cc(O)c(C/C=C(\C)CCC=C(C)C)c(OC=O)c1C(=O)O. The van der Waals surface area contributed by atoms with Gasteiger partial charge in [0, 0.05) is 5.56 Å². The molecule has 0 aliphatic carbocycles. The fourth-order valence-corrected chi connectivity index (χ4v) is 3.08. The van der Waals surface area contributed by atoms with Gasteiger partial charge in [0.2, 0.25) is 0 Å². The molecule has 0 aliphatic heterocycles. The Hall–Kier alpha value is -2.56. The third kappa shape index (κ3) is 7.22. The van der Waals surface area contributed by atoms with Crippen LogP contribution in [-0.4, -0.2) is 22.7 Å². The number of carbonyl (C=O) groups excluding carboxylic acids is 1. The van der Waals surface area contributed by atoms with Crippen LogP contribution in [0.3, 0.4) is 0 Å². The number of hydrogen-bond donors (Lipinski definition) is 2. The number of benzene rings is 1. The third-order valence-electron chi connectivity index (χ3n) is 4.62. The fourth-order valence-electron chi connectivity index (χ4n) is 3.08. The minimum atomic E-state index is -1.16. The summed E-state index contributed by atoms with van der Waals surface area (Å²) >= 11 is 0. The van der Waals surface area contributed by atoms with E-state index in [1.807, 2.05) is 13.0 Å². The van der Waals surface area contributed by atoms with Crippen molar-refractivity contribution in [2.45, 2.75) is 72.6 Å². The molecule has 0 aliphatic rings. The van der Waals surface area contributed by atoms with Crippen LogP contribution in [0.5, 0.6) is 11.5 Å². The van der Waals surface area contributed by atoms with Crippen LogP contribution in [0.15, 0.2) is 29.4 Å². The molecule has 0 aromatic heterocycles. The molecule has 0 radical (unpaired) electrons. The molecule has 0 saturated heterocycles. The van der Waals surface area contributed by atoms with Crippen molar-refractivity contribution in [2.24, 2.45) is 0 Å². The van der Waals surface area contributed by atoms with Crippen molar-refractivity contribution in [3.05, 3.63) is 46.1 Å². The molecule has 1 aromatic carbocycles. The summed E-state index contributed by atoms with van der Waals surface area (Å²) in [6, 6.07) is 1.50. The first-order valence-electron chi connectivity index (χ1n) is 9.82. The number of carbonyl (C=O) groups is 2. The highest BCUT2D eigenvalue weighted by Crippen LogP contribution is 2.36. The van der Waals surface area contributed by atoms with E-state index in [-0.39, 0.29) is 23.5 Å². The predicted molar refractivity (Wildman–Crippen MR) is 111 cm³/mol. The number of aromatic hydroxyl groups is 1. The number of ether oxygens (including phenoxy) is 1. The summed E-state index contributed by atoms with van der Waals surface area (Å²) in [6.07, 6.45) is 9.46. The summed E-state index contributed by atoms with van der Waals surface area (Å²) in [5.74, 6) is -1.25. The third-order valence-corrected chi connectivity index (χ3v) is 4.62. The summed E-state index contributed by atoms with van der Waals surface area (Å²) in [7, 11) is 0. The molecule has 0 fully saturated rings. The van der Waals surface area contributed by atoms with Crippen LogP contribution in [0.4, 0.5) is 0 Å². The van der Waals surface area contributed by atoms with Gasteiger partial charge in [0.1, 0.15) is 11.3 Å². The summed E-state index contributed by atoms with van der Waals surface area (Å²) in [4.78, 5) is 22.9. The van der Waals surface area contributed by atoms with Gasteiger partial charge in [-0.25, -0.2) is 4.79 Å². The molecule has 0 spiro atoms. The van der Waals surface area contributed by atoms with Crippen LogP contribution in [0, 0.1) is 0 Å². The number of rotatable bonds is 12. The molecule has 5 heteroatoms. The molecule has 1 rings (SSSR count). The van der Waals surface area contributed by atoms with Gasteiger partial charge in [-0.15, -0.1) is 0 Å². The van der Waals surface area contributed by atoms with E-state index in [0.29, 0.717) is 24.0 Å². The van der Waals surface area contributed by atoms with Crippen LogP contribution in [0.25, 0.3) is 0 Å². The number of carboxylic acids is 1. The maximum atomic E-state index is 11.9. The van der Waals surface area contributed by atoms with Gasteiger partial charge >= 0.3 is 5.97 Å². The van der Waals surface area contributed by atoms with Gasteiger partial charge in [-0.1, -0.05) is 43.1 Å². The Bertz CT molecular complexity index is 740. The molecule has 0 saturated carbocycles. The number of aromatic carboxylic acids is 1. The van der Waals surface area contributed by atoms with E-state index >= 15 is 0 Å². The van der Waals surface area contributed by atoms with Crippen molar-refractivity contribution in [3.63, 3.8) is 0 Å². The number of aryl methyl sites for hydroxylation is 1. The molecule has 0 bridgehead atoms. The molecule has 28 heavy (non-hydrogen) atoms. The first-order chi connectivity index (χ1) is 13.3. The number of hydrogen-bond acceptors (Lipinski definition) is 4. The van der Waals surface area contributed by atoms with Crippen molar-refractivity contribution >= 4 is 12.4 Å². The monoisotopic (exact) mass is 388 g/mol. The van der Waals surface area contributed by atoms with Crippen LogP contribution < -0.4 is 4.74 Å². The number of unbranched alkanes of at least 4 members (excludes halogenated alkanes) is 2. The first-order valence-corrected chi connectivity index (χ1v) is 9.82. The Kier molecular flexibility index (Phi) is 10.1. The largest absolute Gasteiger partial charge is 0.508 e. The topological polar surface area (TPSA) is 83.8 Å². The lowest BCUT2D eigenvalue weighted by Gasteiger charge is -2.16. The Morgan fingerprint density at radius 1 is 1.18 bits per heavy atom. The lowest BCUT2D eigenvalue weighted by atomic mass is 9.94. The van der Waals surface area contributed by atoms with Crippen LogP contribution in [0.2, 0.25) is 0 Å². The van der Waals surface area contributed by atoms with Gasteiger partial charge in [-0.05, 0) is 64.5 Å². The molecule has 0 amide bonds. The first kappa shape index (κ1) is 23.5. The Morgan fingerprint density at radius 3 is 2.46 bits per heavy atom. The maximum Gasteiger partial charge on any atom is 0.339 e. The van der Waals surface area contributed by atoms with E-state index < -0.39 is 5.97 Å². The predicted octanol–water partition coefficient (Wildman–Crippen LogP) is 5.59. The van der Waals surface area contributed by atoms with Gasteiger partial charge in [0.15, 0.2) is 5.75 Å². The molecule has 5 nitrogen and oxygen atoms in total. The van der Waals surface area contributed by atoms with Crippen LogP contribution in [0.1, 0.15) is 81.3 Å². The lowest BCUT2D eigenvalue weighted by molar-refractivity contribution is -0.120. The van der Waals surface area contributed by atoms with E-state index in [9.17, 15) is 19.8 Å². The van der Waals surface area contributed by atoms with Gasteiger partial charge in [0.25, 0.3) is 6.47 Å². The summed E-state index contributed by atoms with van der Waals surface area (Å²) in [5, 5.41) is 20.2. The zero-order chi connectivity index (χ0) is 21.1. The average Bonchev–Trinajstić information content (AvgIpc) is 2.61. The Morgan fingerprint density at radius 2 is 1.89 bits per heavy atom. The van der Waals surface area contributed by atoms with E-state index in [1.165, 1.54) is 11.6 Å². The van der Waals surface area contributed by atoms with Crippen molar-refractivity contribution in [1.29, 1.82) is 0 Å². The van der Waals surface area contributed by atoms with E-state index in [2.05, 4.69) is 26.8 Å². The fraction of sp³-hybridized carbons (Fsp3) is 0.478. The van der Waals surface area contributed by atoms with Gasteiger partial charge in [-0.3, -0.25) is 4.79 Å². The highest BCUT2D eigenvalue weighted by molar-refractivity contribution is 5.94. The molecule has 154 valence electrons. The minimum absolute atomic E-state index is 0.0356. The highest BCUT2D eigenvalue weighted by Gasteiger charge is 2.23. The van der Waals surface area contributed by atoms with Gasteiger partial charge in [0.05, 0.1) is 0 Å². The van der Waals surface area contributed by atoms with Crippen molar-refractivity contribution in [2.75, 3.05) is 0 Å². The minimum Gasteiger partial charge on any atom is -0.508 e. The summed E-state index contributed by atoms with van der Waals surface area (Å²) < 4.78 is 5.04. The molecule has 2 N–H and O–H groups in total. The lowest BCUT2D eigenvalue weighted by Crippen LogP contribution is -2.09. The van der Waals surface area contributed by atoms with Crippen LogP contribution in [-0.2, 0) is 17.6 Å². The second-order valence-corrected chi connectivity index (χ2v) is 7.29. The molecule has 0 unspecified atom stereocenters. The molecule has 0 atom stereocenters. The summed E-state index contributed by atoms with van der Waals surface area (Å²) in [6.45, 7) is 8.37. The second-order valence-electron chi connectivity index (χ2n) is 7.29. The van der Waals surface area contributed by atoms with E-state index in [1.54, 1.807) is 0 Å². The number of allylic oxidation sites excluding steroid dienone is 4. The quantitative estimate of drug-likeness (QED) is 0.277. The van der Waals surface area contributed by atoms with Gasteiger partial charge in [-0.2, -0.15) is 0 Å². The zero-order valence-electron chi connectivity index (χ0n) is 17.4. The van der Waals surface area contributed by atoms with Crippen molar-refractivity contribution in [3.8, 4) is 11.5 Å². The van der Waals surface area contributed by atoms with Crippen LogP contribution >= 0.6 is 0 Å². The summed E-state index contributed by atoms with van der Waals surface area (Å²) in [5.41, 5.74) is 3.16. The standard InChI is InChI=1S/C23H32O5/c1-5-6-7-11-18-14-20(25)19(22(28-15-24)21(18)23(26)27)13-12-17(4)10-8-9-16(2)3/h9,12,14-15,25H,5-8,10-11,13H2,1-4H3,(H,26,27)/b17-12+. The number of phenolic OH excluding ortho intramolecular Hbond substituents is 1. The number of carboxylic acid groups (broad SMARTS) is 1. The normalized spacial score (nSPS) is 11.2. The molecule has 0 heterocycles. The number of phenols is 1. The second kappa shape index (κ2) is 12.0. The maximum absolute atomic E-state index is 11.9. The van der Waals surface area contributed by atoms with Crippen molar-refractivity contribution in [1.82, 2.24) is 0 Å². The van der Waals surface area contributed by atoms with E-state index in [4.69, 9.17) is 4.74 Å². The molecular weight excluding hydrogens is 356 g/mol. The Labute approximate surface area is 167 Å². The Balaban J connectivity index is 3.22. The molecular formula is C23H32O5. The zero-order valence-corrected chi connectivity index (χ0v) is 17.4. The molecule has 1 aromatic rings. The highest BCUT2D eigenvalue weighted by atomic mass is 16.5. The average molecular weight is 389 g/mol. The van der Waals surface area contributed by atoms with Crippen molar-refractivity contribution < 1.29 is 24.5 Å².